The zero-order valence-corrected chi connectivity index (χ0v) is 18.9. The zero-order valence-electron chi connectivity index (χ0n) is 18.9. The van der Waals surface area contributed by atoms with Crippen LogP contribution < -0.4 is 0 Å². The Bertz CT molecular complexity index is 964. The standard InChI is InChI=1S/C26H31N3O3/c1-3-32-26(31)22-13-15-28(16-14-22)18-25(30)29-24(21-11-9-19(2)10-12-21)17-23(27-29)20-7-5-4-6-8-20/h4-12,22,24H,3,13-18H2,1-2H3. The van der Waals surface area contributed by atoms with E-state index in [9.17, 15) is 9.59 Å². The summed E-state index contributed by atoms with van der Waals surface area (Å²) in [5, 5.41) is 6.44. The van der Waals surface area contributed by atoms with Gasteiger partial charge in [0.05, 0.1) is 30.8 Å². The smallest absolute Gasteiger partial charge is 0.309 e. The molecular weight excluding hydrogens is 402 g/mol. The predicted molar refractivity (Wildman–Crippen MR) is 124 cm³/mol. The molecule has 6 nitrogen and oxygen atoms in total. The van der Waals surface area contributed by atoms with E-state index in [4.69, 9.17) is 9.84 Å². The van der Waals surface area contributed by atoms with E-state index in [0.29, 0.717) is 32.7 Å². The maximum absolute atomic E-state index is 13.3. The summed E-state index contributed by atoms with van der Waals surface area (Å²) >= 11 is 0. The van der Waals surface area contributed by atoms with E-state index in [1.165, 1.54) is 5.56 Å². The van der Waals surface area contributed by atoms with Crippen LogP contribution in [0.2, 0.25) is 0 Å². The second-order valence-electron chi connectivity index (χ2n) is 8.58. The minimum Gasteiger partial charge on any atom is -0.466 e. The van der Waals surface area contributed by atoms with Gasteiger partial charge in [0.1, 0.15) is 0 Å². The van der Waals surface area contributed by atoms with Gasteiger partial charge in [-0.3, -0.25) is 14.5 Å². The van der Waals surface area contributed by atoms with Gasteiger partial charge in [0.25, 0.3) is 5.91 Å². The molecule has 1 unspecified atom stereocenters. The minimum absolute atomic E-state index is 0.00362. The number of hydrazone groups is 1. The van der Waals surface area contributed by atoms with Crippen molar-refractivity contribution in [1.29, 1.82) is 0 Å². The van der Waals surface area contributed by atoms with Crippen molar-refractivity contribution in [1.82, 2.24) is 9.91 Å². The second kappa shape index (κ2) is 10.1. The highest BCUT2D eigenvalue weighted by Gasteiger charge is 2.34. The molecule has 1 fully saturated rings. The van der Waals surface area contributed by atoms with Gasteiger partial charge in [0, 0.05) is 6.42 Å². The fourth-order valence-corrected chi connectivity index (χ4v) is 4.44. The first kappa shape index (κ1) is 22.2. The molecule has 2 aliphatic heterocycles. The minimum atomic E-state index is -0.116. The lowest BCUT2D eigenvalue weighted by atomic mass is 9.96. The molecule has 168 valence electrons. The van der Waals surface area contributed by atoms with Crippen molar-refractivity contribution in [3.05, 3.63) is 71.3 Å². The van der Waals surface area contributed by atoms with Crippen LogP contribution in [-0.4, -0.2) is 53.7 Å². The molecule has 0 aliphatic carbocycles. The molecule has 0 radical (unpaired) electrons. The fraction of sp³-hybridized carbons (Fsp3) is 0.423. The number of rotatable bonds is 6. The molecule has 6 heteroatoms. The van der Waals surface area contributed by atoms with Gasteiger partial charge < -0.3 is 4.74 Å². The van der Waals surface area contributed by atoms with Crippen LogP contribution in [0.3, 0.4) is 0 Å². The number of benzene rings is 2. The number of hydrogen-bond acceptors (Lipinski definition) is 5. The lowest BCUT2D eigenvalue weighted by Crippen LogP contribution is -2.43. The average Bonchev–Trinajstić information content (AvgIpc) is 3.26. The third-order valence-electron chi connectivity index (χ3n) is 6.30. The first-order chi connectivity index (χ1) is 15.5. The Morgan fingerprint density at radius 3 is 2.38 bits per heavy atom. The summed E-state index contributed by atoms with van der Waals surface area (Å²) in [5.41, 5.74) is 4.28. The van der Waals surface area contributed by atoms with E-state index in [0.717, 1.165) is 29.7 Å². The van der Waals surface area contributed by atoms with Crippen molar-refractivity contribution in [2.75, 3.05) is 26.2 Å². The van der Waals surface area contributed by atoms with Crippen LogP contribution in [0.25, 0.3) is 0 Å². The van der Waals surface area contributed by atoms with E-state index in [1.54, 1.807) is 5.01 Å². The molecule has 32 heavy (non-hydrogen) atoms. The van der Waals surface area contributed by atoms with Gasteiger partial charge in [-0.15, -0.1) is 0 Å². The molecular formula is C26H31N3O3. The van der Waals surface area contributed by atoms with Gasteiger partial charge in [-0.2, -0.15) is 5.10 Å². The van der Waals surface area contributed by atoms with Crippen LogP contribution in [0.15, 0.2) is 59.7 Å². The van der Waals surface area contributed by atoms with Gasteiger partial charge >= 0.3 is 5.97 Å². The van der Waals surface area contributed by atoms with Gasteiger partial charge in [-0.1, -0.05) is 60.2 Å². The number of carbonyl (C=O) groups is 2. The van der Waals surface area contributed by atoms with E-state index in [2.05, 4.69) is 36.1 Å². The van der Waals surface area contributed by atoms with Crippen LogP contribution >= 0.6 is 0 Å². The summed E-state index contributed by atoms with van der Waals surface area (Å²) in [7, 11) is 0. The summed E-state index contributed by atoms with van der Waals surface area (Å²) in [6.45, 7) is 6.04. The van der Waals surface area contributed by atoms with Crippen molar-refractivity contribution in [2.24, 2.45) is 11.0 Å². The highest BCUT2D eigenvalue weighted by atomic mass is 16.5. The van der Waals surface area contributed by atoms with Crippen LogP contribution in [-0.2, 0) is 14.3 Å². The molecule has 2 aromatic carbocycles. The number of ether oxygens (including phenoxy) is 1. The largest absolute Gasteiger partial charge is 0.466 e. The van der Waals surface area contributed by atoms with E-state index >= 15 is 0 Å². The normalized spacial score (nSPS) is 19.6. The van der Waals surface area contributed by atoms with Crippen molar-refractivity contribution in [3.63, 3.8) is 0 Å². The Morgan fingerprint density at radius 2 is 1.72 bits per heavy atom. The van der Waals surface area contributed by atoms with Crippen molar-refractivity contribution in [3.8, 4) is 0 Å². The lowest BCUT2D eigenvalue weighted by molar-refractivity contribution is -0.149. The van der Waals surface area contributed by atoms with E-state index < -0.39 is 0 Å². The monoisotopic (exact) mass is 433 g/mol. The Hall–Kier alpha value is -2.99. The molecule has 2 aromatic rings. The second-order valence-corrected chi connectivity index (χ2v) is 8.58. The molecule has 0 aromatic heterocycles. The van der Waals surface area contributed by atoms with E-state index in [-0.39, 0.29) is 23.8 Å². The predicted octanol–water partition coefficient (Wildman–Crippen LogP) is 3.95. The van der Waals surface area contributed by atoms with Crippen molar-refractivity contribution >= 4 is 17.6 Å². The van der Waals surface area contributed by atoms with Gasteiger partial charge in [0.2, 0.25) is 0 Å². The molecule has 1 saturated heterocycles. The Kier molecular flexibility index (Phi) is 7.00. The third kappa shape index (κ3) is 5.07. The van der Waals surface area contributed by atoms with Gasteiger partial charge in [-0.25, -0.2) is 5.01 Å². The quantitative estimate of drug-likeness (QED) is 0.647. The topological polar surface area (TPSA) is 62.2 Å². The van der Waals surface area contributed by atoms with Crippen LogP contribution in [0.5, 0.6) is 0 Å². The number of carbonyl (C=O) groups excluding carboxylic acids is 2. The number of hydrogen-bond donors (Lipinski definition) is 0. The molecule has 1 atom stereocenters. The molecule has 4 rings (SSSR count). The van der Waals surface area contributed by atoms with E-state index in [1.807, 2.05) is 37.3 Å². The molecule has 0 spiro atoms. The van der Waals surface area contributed by atoms with Gasteiger partial charge in [-0.05, 0) is 50.9 Å². The van der Waals surface area contributed by atoms with Crippen LogP contribution in [0.1, 0.15) is 48.9 Å². The number of piperidine rings is 1. The highest BCUT2D eigenvalue weighted by molar-refractivity contribution is 6.03. The average molecular weight is 434 g/mol. The number of nitrogens with zero attached hydrogens (tertiary/aromatic N) is 3. The Balaban J connectivity index is 1.47. The molecule has 0 bridgehead atoms. The zero-order chi connectivity index (χ0) is 22.5. The highest BCUT2D eigenvalue weighted by Crippen LogP contribution is 2.33. The van der Waals surface area contributed by atoms with Crippen molar-refractivity contribution < 1.29 is 14.3 Å². The lowest BCUT2D eigenvalue weighted by Gasteiger charge is -2.32. The summed E-state index contributed by atoms with van der Waals surface area (Å²) in [6.07, 6.45) is 2.15. The molecule has 2 heterocycles. The maximum Gasteiger partial charge on any atom is 0.309 e. The summed E-state index contributed by atoms with van der Waals surface area (Å²) in [6, 6.07) is 18.3. The summed E-state index contributed by atoms with van der Waals surface area (Å²) in [4.78, 5) is 27.5. The molecule has 2 aliphatic rings. The first-order valence-corrected chi connectivity index (χ1v) is 11.5. The third-order valence-corrected chi connectivity index (χ3v) is 6.30. The number of aryl methyl sites for hydroxylation is 1. The summed E-state index contributed by atoms with van der Waals surface area (Å²) in [5.74, 6) is -0.179. The first-order valence-electron chi connectivity index (χ1n) is 11.5. The van der Waals surface area contributed by atoms with Crippen LogP contribution in [0.4, 0.5) is 0 Å². The van der Waals surface area contributed by atoms with Crippen LogP contribution in [0, 0.1) is 12.8 Å². The maximum atomic E-state index is 13.3. The number of esters is 1. The SMILES string of the molecule is CCOC(=O)C1CCN(CC(=O)N2N=C(c3ccccc3)CC2c2ccc(C)cc2)CC1. The fourth-order valence-electron chi connectivity index (χ4n) is 4.44. The molecule has 0 saturated carbocycles. The molecule has 0 N–H and O–H groups in total. The van der Waals surface area contributed by atoms with Crippen molar-refractivity contribution in [2.45, 2.75) is 39.2 Å². The summed E-state index contributed by atoms with van der Waals surface area (Å²) < 4.78 is 5.15. The Labute approximate surface area is 189 Å². The number of amides is 1. The van der Waals surface area contributed by atoms with Gasteiger partial charge in [0.15, 0.2) is 0 Å². The number of likely N-dealkylation sites (tertiary alicyclic amines) is 1. The Morgan fingerprint density at radius 1 is 1.03 bits per heavy atom. The molecule has 1 amide bonds.